The first-order chi connectivity index (χ1) is 15.6. The Hall–Kier alpha value is -3.52. The van der Waals surface area contributed by atoms with E-state index in [1.807, 2.05) is 31.2 Å². The molecule has 1 aromatic heterocycles. The van der Waals surface area contributed by atoms with E-state index in [1.165, 1.54) is 4.90 Å². The molecule has 0 spiro atoms. The average Bonchev–Trinajstić information content (AvgIpc) is 3.29. The van der Waals surface area contributed by atoms with Crippen molar-refractivity contribution in [2.75, 3.05) is 6.54 Å². The molecule has 1 N–H and O–H groups in total. The van der Waals surface area contributed by atoms with Gasteiger partial charge in [-0.15, -0.1) is 11.3 Å². The molecule has 3 amide bonds. The van der Waals surface area contributed by atoms with E-state index in [0.29, 0.717) is 11.1 Å². The summed E-state index contributed by atoms with van der Waals surface area (Å²) in [5, 5.41) is 2.83. The predicted molar refractivity (Wildman–Crippen MR) is 126 cm³/mol. The van der Waals surface area contributed by atoms with E-state index >= 15 is 0 Å². The molecule has 2 aromatic carbocycles. The Balaban J connectivity index is 1.61. The van der Waals surface area contributed by atoms with E-state index in [-0.39, 0.29) is 18.4 Å². The highest BCUT2D eigenvalue weighted by Crippen LogP contribution is 2.30. The van der Waals surface area contributed by atoms with Crippen molar-refractivity contribution in [3.63, 3.8) is 0 Å². The third kappa shape index (κ3) is 4.80. The number of benzene rings is 2. The fourth-order valence-electron chi connectivity index (χ4n) is 3.72. The van der Waals surface area contributed by atoms with Gasteiger partial charge in [0.2, 0.25) is 0 Å². The van der Waals surface area contributed by atoms with E-state index < -0.39 is 17.7 Å². The molecule has 1 atom stereocenters. The highest BCUT2D eigenvalue weighted by atomic mass is 32.1. The van der Waals surface area contributed by atoms with Crippen molar-refractivity contribution in [1.29, 1.82) is 0 Å². The van der Waals surface area contributed by atoms with Gasteiger partial charge in [-0.05, 0) is 51.0 Å². The predicted octanol–water partition coefficient (Wildman–Crippen LogP) is 4.98. The number of nitrogens with one attached hydrogen (secondary N) is 1. The van der Waals surface area contributed by atoms with E-state index in [9.17, 15) is 14.4 Å². The molecule has 2 heterocycles. The fraction of sp³-hybridized carbons (Fsp3) is 0.280. The molecule has 1 unspecified atom stereocenters. The molecule has 0 saturated carbocycles. The van der Waals surface area contributed by atoms with Crippen molar-refractivity contribution in [2.24, 2.45) is 0 Å². The summed E-state index contributed by atoms with van der Waals surface area (Å²) in [6, 6.07) is 13.7. The highest BCUT2D eigenvalue weighted by molar-refractivity contribution is 7.13. The molecule has 1 aliphatic heterocycles. The number of hydrogen-bond donors (Lipinski definition) is 1. The first-order valence-corrected chi connectivity index (χ1v) is 11.5. The Morgan fingerprint density at radius 3 is 2.18 bits per heavy atom. The van der Waals surface area contributed by atoms with Crippen molar-refractivity contribution in [3.05, 3.63) is 76.4 Å². The van der Waals surface area contributed by atoms with Crippen molar-refractivity contribution in [1.82, 2.24) is 15.2 Å². The SMILES string of the molecule is Cc1ncsc1-c1ccc(C(CN2C(=O)c3ccccc3C2=O)NC(=O)OC(C)(C)C)cc1. The molecule has 0 radical (unpaired) electrons. The van der Waals surface area contributed by atoms with Crippen LogP contribution in [-0.4, -0.2) is 39.9 Å². The zero-order valence-corrected chi connectivity index (χ0v) is 19.7. The Labute approximate surface area is 196 Å². The third-order valence-corrected chi connectivity index (χ3v) is 6.23. The van der Waals surface area contributed by atoms with Crippen LogP contribution in [0.3, 0.4) is 0 Å². The highest BCUT2D eigenvalue weighted by Gasteiger charge is 2.37. The van der Waals surface area contributed by atoms with Crippen molar-refractivity contribution in [3.8, 4) is 10.4 Å². The summed E-state index contributed by atoms with van der Waals surface area (Å²) >= 11 is 1.56. The van der Waals surface area contributed by atoms with Gasteiger partial charge in [0.15, 0.2) is 0 Å². The number of aromatic nitrogens is 1. The van der Waals surface area contributed by atoms with Crippen molar-refractivity contribution in [2.45, 2.75) is 39.3 Å². The summed E-state index contributed by atoms with van der Waals surface area (Å²) in [6.07, 6.45) is -0.619. The first-order valence-electron chi connectivity index (χ1n) is 10.6. The number of hydrogen-bond acceptors (Lipinski definition) is 6. The molecule has 170 valence electrons. The first kappa shape index (κ1) is 22.7. The van der Waals surface area contributed by atoms with Crippen LogP contribution in [0.4, 0.5) is 4.79 Å². The van der Waals surface area contributed by atoms with Crippen LogP contribution < -0.4 is 5.32 Å². The molecular formula is C25H25N3O4S. The van der Waals surface area contributed by atoms with Gasteiger partial charge in [-0.25, -0.2) is 9.78 Å². The lowest BCUT2D eigenvalue weighted by Gasteiger charge is -2.26. The number of rotatable bonds is 5. The van der Waals surface area contributed by atoms with Gasteiger partial charge in [0.05, 0.1) is 39.8 Å². The van der Waals surface area contributed by atoms with Crippen LogP contribution in [0.1, 0.15) is 58.8 Å². The number of carbonyl (C=O) groups excluding carboxylic acids is 3. The summed E-state index contributed by atoms with van der Waals surface area (Å²) in [7, 11) is 0. The number of fused-ring (bicyclic) bond motifs is 1. The van der Waals surface area contributed by atoms with Gasteiger partial charge in [0, 0.05) is 0 Å². The maximum atomic E-state index is 12.9. The van der Waals surface area contributed by atoms with Crippen LogP contribution >= 0.6 is 11.3 Å². The van der Waals surface area contributed by atoms with Crippen molar-refractivity contribution >= 4 is 29.2 Å². The number of imide groups is 1. The van der Waals surface area contributed by atoms with Crippen LogP contribution in [0.2, 0.25) is 0 Å². The second kappa shape index (κ2) is 8.78. The molecule has 4 rings (SSSR count). The normalized spacial score (nSPS) is 14.2. The molecule has 0 bridgehead atoms. The van der Waals surface area contributed by atoms with Gasteiger partial charge in [-0.2, -0.15) is 0 Å². The zero-order chi connectivity index (χ0) is 23.8. The average molecular weight is 464 g/mol. The zero-order valence-electron chi connectivity index (χ0n) is 18.9. The summed E-state index contributed by atoms with van der Waals surface area (Å²) < 4.78 is 5.42. The molecule has 0 fully saturated rings. The van der Waals surface area contributed by atoms with Gasteiger partial charge >= 0.3 is 6.09 Å². The minimum Gasteiger partial charge on any atom is -0.444 e. The number of carbonyl (C=O) groups is 3. The number of ether oxygens (including phenoxy) is 1. The summed E-state index contributed by atoms with van der Waals surface area (Å²) in [5.41, 5.74) is 4.57. The summed E-state index contributed by atoms with van der Waals surface area (Å²) in [4.78, 5) is 44.9. The van der Waals surface area contributed by atoms with Crippen LogP contribution in [0.15, 0.2) is 54.0 Å². The van der Waals surface area contributed by atoms with Crippen LogP contribution in [0, 0.1) is 6.92 Å². The van der Waals surface area contributed by atoms with E-state index in [1.54, 1.807) is 61.9 Å². The van der Waals surface area contributed by atoms with Gasteiger partial charge in [-0.1, -0.05) is 36.4 Å². The monoisotopic (exact) mass is 463 g/mol. The smallest absolute Gasteiger partial charge is 0.408 e. The lowest BCUT2D eigenvalue weighted by atomic mass is 10.0. The molecule has 3 aromatic rings. The standard InChI is InChI=1S/C25H25N3O4S/c1-15-21(33-14-26-15)17-11-9-16(10-12-17)20(27-24(31)32-25(2,3)4)13-28-22(29)18-7-5-6-8-19(18)23(28)30/h5-12,14,20H,13H2,1-4H3,(H,27,31). The number of thiazole rings is 1. The Bertz CT molecular complexity index is 1180. The third-order valence-electron chi connectivity index (χ3n) is 5.26. The fourth-order valence-corrected chi connectivity index (χ4v) is 4.53. The van der Waals surface area contributed by atoms with E-state index in [4.69, 9.17) is 4.74 Å². The summed E-state index contributed by atoms with van der Waals surface area (Å²) in [6.45, 7) is 7.27. The Kier molecular flexibility index (Phi) is 6.03. The molecular weight excluding hydrogens is 438 g/mol. The minimum absolute atomic E-state index is 0.00940. The molecule has 8 heteroatoms. The number of aryl methyl sites for hydroxylation is 1. The second-order valence-electron chi connectivity index (χ2n) is 8.85. The maximum absolute atomic E-state index is 12.9. The van der Waals surface area contributed by atoms with Crippen molar-refractivity contribution < 1.29 is 19.1 Å². The lowest BCUT2D eigenvalue weighted by molar-refractivity contribution is 0.0467. The second-order valence-corrected chi connectivity index (χ2v) is 9.71. The van der Waals surface area contributed by atoms with Crippen LogP contribution in [0.25, 0.3) is 10.4 Å². The van der Waals surface area contributed by atoms with Gasteiger partial charge < -0.3 is 10.1 Å². The van der Waals surface area contributed by atoms with E-state index in [0.717, 1.165) is 21.7 Å². The Morgan fingerprint density at radius 2 is 1.67 bits per heavy atom. The minimum atomic E-state index is -0.683. The van der Waals surface area contributed by atoms with Crippen LogP contribution in [-0.2, 0) is 4.74 Å². The maximum Gasteiger partial charge on any atom is 0.408 e. The molecule has 1 aliphatic rings. The van der Waals surface area contributed by atoms with Crippen LogP contribution in [0.5, 0.6) is 0 Å². The number of alkyl carbamates (subject to hydrolysis) is 1. The molecule has 0 aliphatic carbocycles. The summed E-state index contributed by atoms with van der Waals surface area (Å²) in [5.74, 6) is -0.744. The topological polar surface area (TPSA) is 88.6 Å². The molecule has 7 nitrogen and oxygen atoms in total. The molecule has 33 heavy (non-hydrogen) atoms. The van der Waals surface area contributed by atoms with Gasteiger partial charge in [0.25, 0.3) is 11.8 Å². The quantitative estimate of drug-likeness (QED) is 0.539. The lowest BCUT2D eigenvalue weighted by Crippen LogP contribution is -2.42. The number of amides is 3. The van der Waals surface area contributed by atoms with Gasteiger partial charge in [0.1, 0.15) is 5.60 Å². The largest absolute Gasteiger partial charge is 0.444 e. The Morgan fingerprint density at radius 1 is 1.06 bits per heavy atom. The number of nitrogens with zero attached hydrogens (tertiary/aromatic N) is 2. The van der Waals surface area contributed by atoms with Gasteiger partial charge in [-0.3, -0.25) is 14.5 Å². The van der Waals surface area contributed by atoms with E-state index in [2.05, 4.69) is 10.3 Å². The molecule has 0 saturated heterocycles.